The van der Waals surface area contributed by atoms with Crippen molar-refractivity contribution in [1.82, 2.24) is 14.9 Å². The Kier molecular flexibility index (Phi) is 5.68. The van der Waals surface area contributed by atoms with E-state index in [-0.39, 0.29) is 12.0 Å². The first-order chi connectivity index (χ1) is 12.5. The maximum absolute atomic E-state index is 12.3. The molecule has 1 N–H and O–H groups in total. The highest BCUT2D eigenvalue weighted by Gasteiger charge is 2.16. The highest BCUT2D eigenvalue weighted by atomic mass is 16.5. The number of carbonyl (C=O) groups excluding carboxylic acids is 1. The van der Waals surface area contributed by atoms with Gasteiger partial charge in [0.2, 0.25) is 0 Å². The van der Waals surface area contributed by atoms with Crippen LogP contribution >= 0.6 is 0 Å². The molecule has 0 aliphatic carbocycles. The molecule has 3 rings (SSSR count). The molecular formula is C19H25N5O2. The first kappa shape index (κ1) is 18.1. The van der Waals surface area contributed by atoms with Gasteiger partial charge in [0.15, 0.2) is 0 Å². The molecule has 1 fully saturated rings. The van der Waals surface area contributed by atoms with E-state index >= 15 is 0 Å². The van der Waals surface area contributed by atoms with Crippen molar-refractivity contribution < 1.29 is 9.53 Å². The number of piperazine rings is 1. The molecule has 0 unspecified atom stereocenters. The van der Waals surface area contributed by atoms with E-state index in [0.29, 0.717) is 11.4 Å². The first-order valence-corrected chi connectivity index (χ1v) is 8.85. The van der Waals surface area contributed by atoms with E-state index in [2.05, 4.69) is 32.1 Å². The fourth-order valence-corrected chi connectivity index (χ4v) is 2.72. The van der Waals surface area contributed by atoms with Crippen molar-refractivity contribution in [3.8, 4) is 5.75 Å². The van der Waals surface area contributed by atoms with E-state index in [1.807, 2.05) is 38.1 Å². The molecular weight excluding hydrogens is 330 g/mol. The SMILES string of the molecule is CC(C)Oc1ccc(NC(=O)c2cnc(N3CCN(C)CC3)cn2)cc1. The van der Waals surface area contributed by atoms with Gasteiger partial charge in [-0.15, -0.1) is 0 Å². The summed E-state index contributed by atoms with van der Waals surface area (Å²) in [5, 5.41) is 2.83. The number of carbonyl (C=O) groups is 1. The maximum Gasteiger partial charge on any atom is 0.275 e. The van der Waals surface area contributed by atoms with Gasteiger partial charge in [-0.05, 0) is 45.2 Å². The lowest BCUT2D eigenvalue weighted by atomic mass is 10.3. The van der Waals surface area contributed by atoms with Crippen LogP contribution in [-0.4, -0.2) is 60.1 Å². The summed E-state index contributed by atoms with van der Waals surface area (Å²) in [5.41, 5.74) is 0.987. The van der Waals surface area contributed by atoms with Gasteiger partial charge >= 0.3 is 0 Å². The van der Waals surface area contributed by atoms with Gasteiger partial charge in [-0.25, -0.2) is 9.97 Å². The summed E-state index contributed by atoms with van der Waals surface area (Å²) in [6.45, 7) is 7.78. The standard InChI is InChI=1S/C19H25N5O2/c1-14(2)26-16-6-4-15(5-7-16)22-19(25)17-12-21-18(13-20-17)24-10-8-23(3)9-11-24/h4-7,12-14H,8-11H2,1-3H3,(H,22,25). The van der Waals surface area contributed by atoms with Crippen molar-refractivity contribution in [3.63, 3.8) is 0 Å². The van der Waals surface area contributed by atoms with E-state index in [9.17, 15) is 4.79 Å². The van der Waals surface area contributed by atoms with E-state index in [0.717, 1.165) is 37.7 Å². The Morgan fingerprint density at radius 1 is 1.08 bits per heavy atom. The number of rotatable bonds is 5. The molecule has 1 aromatic carbocycles. The van der Waals surface area contributed by atoms with Crippen LogP contribution in [0.1, 0.15) is 24.3 Å². The van der Waals surface area contributed by atoms with Crippen molar-refractivity contribution in [1.29, 1.82) is 0 Å². The van der Waals surface area contributed by atoms with Gasteiger partial charge < -0.3 is 19.9 Å². The molecule has 0 atom stereocenters. The fraction of sp³-hybridized carbons (Fsp3) is 0.421. The van der Waals surface area contributed by atoms with E-state index in [4.69, 9.17) is 4.74 Å². The average Bonchev–Trinajstić information content (AvgIpc) is 2.64. The van der Waals surface area contributed by atoms with E-state index in [1.54, 1.807) is 6.20 Å². The van der Waals surface area contributed by atoms with Gasteiger partial charge in [-0.1, -0.05) is 0 Å². The minimum absolute atomic E-state index is 0.115. The number of aromatic nitrogens is 2. The first-order valence-electron chi connectivity index (χ1n) is 8.85. The number of hydrogen-bond donors (Lipinski definition) is 1. The Morgan fingerprint density at radius 3 is 2.35 bits per heavy atom. The van der Waals surface area contributed by atoms with Crippen molar-refractivity contribution in [2.24, 2.45) is 0 Å². The lowest BCUT2D eigenvalue weighted by molar-refractivity contribution is 0.102. The Hall–Kier alpha value is -2.67. The Bertz CT molecular complexity index is 723. The summed E-state index contributed by atoms with van der Waals surface area (Å²) in [7, 11) is 2.11. The van der Waals surface area contributed by atoms with Crippen LogP contribution in [0.2, 0.25) is 0 Å². The van der Waals surface area contributed by atoms with Gasteiger partial charge in [-0.3, -0.25) is 4.79 Å². The van der Waals surface area contributed by atoms with E-state index < -0.39 is 0 Å². The van der Waals surface area contributed by atoms with Crippen LogP contribution in [0.25, 0.3) is 0 Å². The number of hydrogen-bond acceptors (Lipinski definition) is 6. The molecule has 0 radical (unpaired) electrons. The van der Waals surface area contributed by atoms with Crippen LogP contribution in [-0.2, 0) is 0 Å². The third kappa shape index (κ3) is 4.70. The van der Waals surface area contributed by atoms with Gasteiger partial charge in [0.05, 0.1) is 18.5 Å². The molecule has 1 amide bonds. The summed E-state index contributed by atoms with van der Waals surface area (Å²) in [6.07, 6.45) is 3.31. The van der Waals surface area contributed by atoms with Gasteiger partial charge in [0.1, 0.15) is 17.3 Å². The van der Waals surface area contributed by atoms with Crippen LogP contribution in [0, 0.1) is 0 Å². The van der Waals surface area contributed by atoms with Crippen molar-refractivity contribution in [2.45, 2.75) is 20.0 Å². The Labute approximate surface area is 154 Å². The highest BCUT2D eigenvalue weighted by Crippen LogP contribution is 2.18. The molecule has 7 nitrogen and oxygen atoms in total. The molecule has 0 bridgehead atoms. The van der Waals surface area contributed by atoms with Gasteiger partial charge in [0.25, 0.3) is 5.91 Å². The molecule has 0 saturated carbocycles. The van der Waals surface area contributed by atoms with Crippen molar-refractivity contribution in [3.05, 3.63) is 42.4 Å². The topological polar surface area (TPSA) is 70.6 Å². The van der Waals surface area contributed by atoms with Crippen LogP contribution in [0.15, 0.2) is 36.7 Å². The minimum atomic E-state index is -0.278. The van der Waals surface area contributed by atoms with Crippen LogP contribution < -0.4 is 15.0 Å². The number of nitrogens with one attached hydrogen (secondary N) is 1. The number of nitrogens with zero attached hydrogens (tertiary/aromatic N) is 4. The zero-order valence-corrected chi connectivity index (χ0v) is 15.5. The predicted molar refractivity (Wildman–Crippen MR) is 102 cm³/mol. The summed E-state index contributed by atoms with van der Waals surface area (Å²) in [5.74, 6) is 1.30. The lowest BCUT2D eigenvalue weighted by Crippen LogP contribution is -2.44. The van der Waals surface area contributed by atoms with Crippen molar-refractivity contribution in [2.75, 3.05) is 43.4 Å². The average molecular weight is 355 g/mol. The Morgan fingerprint density at radius 2 is 1.77 bits per heavy atom. The van der Waals surface area contributed by atoms with E-state index in [1.165, 1.54) is 6.20 Å². The molecule has 1 aliphatic heterocycles. The molecule has 7 heteroatoms. The second-order valence-electron chi connectivity index (χ2n) is 6.70. The molecule has 138 valence electrons. The largest absolute Gasteiger partial charge is 0.491 e. The number of ether oxygens (including phenoxy) is 1. The van der Waals surface area contributed by atoms with Gasteiger partial charge in [-0.2, -0.15) is 0 Å². The smallest absolute Gasteiger partial charge is 0.275 e. The zero-order chi connectivity index (χ0) is 18.5. The second-order valence-corrected chi connectivity index (χ2v) is 6.70. The second kappa shape index (κ2) is 8.14. The summed E-state index contributed by atoms with van der Waals surface area (Å²) >= 11 is 0. The number of benzene rings is 1. The molecule has 1 aliphatic rings. The molecule has 0 spiro atoms. The molecule has 1 saturated heterocycles. The fourth-order valence-electron chi connectivity index (χ4n) is 2.72. The van der Waals surface area contributed by atoms with Crippen LogP contribution in [0.5, 0.6) is 5.75 Å². The monoisotopic (exact) mass is 355 g/mol. The molecule has 1 aromatic heterocycles. The third-order valence-electron chi connectivity index (χ3n) is 4.18. The summed E-state index contributed by atoms with van der Waals surface area (Å²) in [6, 6.07) is 7.28. The molecule has 2 heterocycles. The summed E-state index contributed by atoms with van der Waals surface area (Å²) < 4.78 is 5.59. The quantitative estimate of drug-likeness (QED) is 0.887. The Balaban J connectivity index is 1.59. The molecule has 26 heavy (non-hydrogen) atoms. The predicted octanol–water partition coefficient (Wildman–Crippen LogP) is 2.27. The van der Waals surface area contributed by atoms with Crippen LogP contribution in [0.3, 0.4) is 0 Å². The maximum atomic E-state index is 12.3. The zero-order valence-electron chi connectivity index (χ0n) is 15.5. The number of likely N-dealkylation sites (N-methyl/N-ethyl adjacent to an activating group) is 1. The van der Waals surface area contributed by atoms with Crippen molar-refractivity contribution >= 4 is 17.4 Å². The number of anilines is 2. The third-order valence-corrected chi connectivity index (χ3v) is 4.18. The summed E-state index contributed by atoms with van der Waals surface area (Å²) in [4.78, 5) is 25.5. The normalized spacial score (nSPS) is 15.2. The highest BCUT2D eigenvalue weighted by molar-refractivity contribution is 6.02. The van der Waals surface area contributed by atoms with Gasteiger partial charge in [0, 0.05) is 31.9 Å². The number of amides is 1. The lowest BCUT2D eigenvalue weighted by Gasteiger charge is -2.32. The molecule has 2 aromatic rings. The van der Waals surface area contributed by atoms with Crippen LogP contribution in [0.4, 0.5) is 11.5 Å². The minimum Gasteiger partial charge on any atom is -0.491 e.